The highest BCUT2D eigenvalue weighted by Gasteiger charge is 2.29. The number of aromatic amines is 1. The molecule has 1 N–H and O–H groups in total. The van der Waals surface area contributed by atoms with Crippen LogP contribution in [0.1, 0.15) is 40.9 Å². The van der Waals surface area contributed by atoms with E-state index in [1.54, 1.807) is 0 Å². The van der Waals surface area contributed by atoms with Crippen LogP contribution in [0.4, 0.5) is 0 Å². The van der Waals surface area contributed by atoms with Gasteiger partial charge < -0.3 is 14.2 Å². The number of hydrogen-bond donors (Lipinski definition) is 1. The van der Waals surface area contributed by atoms with Crippen LogP contribution in [0.5, 0.6) is 0 Å². The Morgan fingerprint density at radius 1 is 1.26 bits per heavy atom. The predicted octanol–water partition coefficient (Wildman–Crippen LogP) is 1.04. The minimum absolute atomic E-state index is 0.0954. The largest absolute Gasteiger partial charge is 0.379 e. The minimum Gasteiger partial charge on any atom is -0.379 e. The van der Waals surface area contributed by atoms with Gasteiger partial charge >= 0.3 is 0 Å². The number of piperidine rings is 1. The molecule has 2 aliphatic rings. The number of ether oxygens (including phenoxy) is 1. The van der Waals surface area contributed by atoms with Gasteiger partial charge in [0.1, 0.15) is 17.3 Å². The van der Waals surface area contributed by atoms with Gasteiger partial charge in [-0.15, -0.1) is 10.2 Å². The molecule has 2 saturated heterocycles. The summed E-state index contributed by atoms with van der Waals surface area (Å²) in [5.41, 5.74) is 0.363. The summed E-state index contributed by atoms with van der Waals surface area (Å²) < 4.78 is 7.51. The van der Waals surface area contributed by atoms with Crippen molar-refractivity contribution in [1.82, 2.24) is 34.8 Å². The van der Waals surface area contributed by atoms with Gasteiger partial charge in [0.25, 0.3) is 5.91 Å². The molecule has 0 saturated carbocycles. The summed E-state index contributed by atoms with van der Waals surface area (Å²) >= 11 is 6.01. The second-order valence-corrected chi connectivity index (χ2v) is 7.49. The summed E-state index contributed by atoms with van der Waals surface area (Å²) in [4.78, 5) is 16.7. The fourth-order valence-corrected chi connectivity index (χ4v) is 3.92. The molecule has 0 aromatic carbocycles. The quantitative estimate of drug-likeness (QED) is 0.834. The third-order valence-electron chi connectivity index (χ3n) is 5.42. The number of nitrogens with zero attached hydrogens (tertiary/aromatic N) is 6. The van der Waals surface area contributed by atoms with Gasteiger partial charge in [-0.05, 0) is 12.8 Å². The Morgan fingerprint density at radius 3 is 2.67 bits per heavy atom. The van der Waals surface area contributed by atoms with Crippen molar-refractivity contribution in [2.45, 2.75) is 25.3 Å². The fourth-order valence-electron chi connectivity index (χ4n) is 3.75. The van der Waals surface area contributed by atoms with E-state index in [1.165, 1.54) is 6.20 Å². The lowest BCUT2D eigenvalue weighted by molar-refractivity contribution is 0.0326. The molecule has 4 rings (SSSR count). The molecule has 0 spiro atoms. The maximum Gasteiger partial charge on any atom is 0.273 e. The molecular formula is C17H24ClN7O2. The number of aromatic nitrogens is 5. The molecule has 0 atom stereocenters. The maximum absolute atomic E-state index is 12.5. The average Bonchev–Trinajstić information content (AvgIpc) is 3.28. The Kier molecular flexibility index (Phi) is 5.42. The smallest absolute Gasteiger partial charge is 0.273 e. The van der Waals surface area contributed by atoms with Gasteiger partial charge in [0.15, 0.2) is 0 Å². The Balaban J connectivity index is 1.37. The number of carbonyl (C=O) groups is 1. The molecule has 2 fully saturated rings. The van der Waals surface area contributed by atoms with Crippen molar-refractivity contribution in [3.8, 4) is 0 Å². The highest BCUT2D eigenvalue weighted by molar-refractivity contribution is 6.33. The number of amides is 1. The second kappa shape index (κ2) is 7.95. The standard InChI is InChI=1S/C17H24ClN7O2/c1-23-14(11-24-6-8-27-9-7-24)20-22-16(23)12-2-4-25(5-3-12)17(26)15-13(18)10-19-21-15/h10,12H,2-9,11H2,1H3,(H,19,21). The SMILES string of the molecule is Cn1c(CN2CCOCC2)nnc1C1CCN(C(=O)c2[nH]ncc2Cl)CC1. The molecule has 4 heterocycles. The van der Waals surface area contributed by atoms with Crippen LogP contribution in [0, 0.1) is 0 Å². The van der Waals surface area contributed by atoms with Gasteiger partial charge in [0, 0.05) is 39.1 Å². The second-order valence-electron chi connectivity index (χ2n) is 7.08. The zero-order valence-corrected chi connectivity index (χ0v) is 16.2. The first-order chi connectivity index (χ1) is 13.1. The van der Waals surface area contributed by atoms with Crippen LogP contribution in [-0.2, 0) is 18.3 Å². The molecule has 146 valence electrons. The Bertz CT molecular complexity index is 791. The minimum atomic E-state index is -0.0954. The van der Waals surface area contributed by atoms with Crippen LogP contribution in [0.3, 0.4) is 0 Å². The number of hydrogen-bond acceptors (Lipinski definition) is 6. The lowest BCUT2D eigenvalue weighted by atomic mass is 9.95. The van der Waals surface area contributed by atoms with E-state index in [9.17, 15) is 4.79 Å². The van der Waals surface area contributed by atoms with E-state index in [1.807, 2.05) is 11.9 Å². The van der Waals surface area contributed by atoms with Gasteiger partial charge in [-0.1, -0.05) is 11.6 Å². The van der Waals surface area contributed by atoms with Crippen LogP contribution in [-0.4, -0.2) is 80.1 Å². The van der Waals surface area contributed by atoms with Crippen molar-refractivity contribution in [2.24, 2.45) is 7.05 Å². The van der Waals surface area contributed by atoms with Crippen LogP contribution < -0.4 is 0 Å². The number of nitrogens with one attached hydrogen (secondary N) is 1. The Morgan fingerprint density at radius 2 is 2.00 bits per heavy atom. The van der Waals surface area contributed by atoms with E-state index in [2.05, 4.69) is 29.9 Å². The highest BCUT2D eigenvalue weighted by atomic mass is 35.5. The van der Waals surface area contributed by atoms with E-state index >= 15 is 0 Å². The molecule has 0 bridgehead atoms. The van der Waals surface area contributed by atoms with E-state index in [-0.39, 0.29) is 5.91 Å². The molecule has 2 aliphatic heterocycles. The van der Waals surface area contributed by atoms with E-state index in [0.29, 0.717) is 29.7 Å². The zero-order valence-electron chi connectivity index (χ0n) is 15.4. The van der Waals surface area contributed by atoms with Gasteiger partial charge in [0.05, 0.1) is 31.0 Å². The number of carbonyl (C=O) groups excluding carboxylic acids is 1. The third kappa shape index (κ3) is 3.85. The van der Waals surface area contributed by atoms with Crippen molar-refractivity contribution in [1.29, 1.82) is 0 Å². The Labute approximate surface area is 162 Å². The predicted molar refractivity (Wildman–Crippen MR) is 98.6 cm³/mol. The van der Waals surface area contributed by atoms with Gasteiger partial charge in [-0.25, -0.2) is 0 Å². The average molecular weight is 394 g/mol. The first-order valence-corrected chi connectivity index (χ1v) is 9.67. The van der Waals surface area contributed by atoms with Crippen molar-refractivity contribution in [3.05, 3.63) is 28.6 Å². The molecule has 2 aromatic heterocycles. The lowest BCUT2D eigenvalue weighted by Crippen LogP contribution is -2.38. The van der Waals surface area contributed by atoms with E-state index in [0.717, 1.165) is 57.3 Å². The van der Waals surface area contributed by atoms with Gasteiger partial charge in [-0.3, -0.25) is 14.8 Å². The summed E-state index contributed by atoms with van der Waals surface area (Å²) in [5, 5.41) is 15.7. The number of H-pyrrole nitrogens is 1. The first kappa shape index (κ1) is 18.4. The van der Waals surface area contributed by atoms with Crippen molar-refractivity contribution in [3.63, 3.8) is 0 Å². The molecule has 0 radical (unpaired) electrons. The summed E-state index contributed by atoms with van der Waals surface area (Å²) in [6, 6.07) is 0. The number of likely N-dealkylation sites (tertiary alicyclic amines) is 1. The number of morpholine rings is 1. The van der Waals surface area contributed by atoms with E-state index < -0.39 is 0 Å². The number of halogens is 1. The topological polar surface area (TPSA) is 92.2 Å². The Hall–Kier alpha value is -1.97. The summed E-state index contributed by atoms with van der Waals surface area (Å²) in [7, 11) is 2.03. The first-order valence-electron chi connectivity index (χ1n) is 9.30. The van der Waals surface area contributed by atoms with Crippen molar-refractivity contribution < 1.29 is 9.53 Å². The lowest BCUT2D eigenvalue weighted by Gasteiger charge is -2.31. The molecule has 27 heavy (non-hydrogen) atoms. The van der Waals surface area contributed by atoms with Gasteiger partial charge in [-0.2, -0.15) is 5.10 Å². The van der Waals surface area contributed by atoms with Crippen molar-refractivity contribution in [2.75, 3.05) is 39.4 Å². The maximum atomic E-state index is 12.5. The summed E-state index contributed by atoms with van der Waals surface area (Å²) in [6.45, 7) is 5.55. The molecule has 10 heteroatoms. The molecule has 1 amide bonds. The van der Waals surface area contributed by atoms with Crippen molar-refractivity contribution >= 4 is 17.5 Å². The molecule has 2 aromatic rings. The fraction of sp³-hybridized carbons (Fsp3) is 0.647. The highest BCUT2D eigenvalue weighted by Crippen LogP contribution is 2.28. The molecular weight excluding hydrogens is 370 g/mol. The molecule has 0 unspecified atom stereocenters. The number of rotatable bonds is 4. The zero-order chi connectivity index (χ0) is 18.8. The normalized spacial score (nSPS) is 19.6. The van der Waals surface area contributed by atoms with Gasteiger partial charge in [0.2, 0.25) is 0 Å². The molecule has 9 nitrogen and oxygen atoms in total. The summed E-state index contributed by atoms with van der Waals surface area (Å²) in [5.74, 6) is 2.20. The van der Waals surface area contributed by atoms with Crippen LogP contribution in [0.25, 0.3) is 0 Å². The third-order valence-corrected chi connectivity index (χ3v) is 5.71. The van der Waals surface area contributed by atoms with Crippen LogP contribution in [0.15, 0.2) is 6.20 Å². The summed E-state index contributed by atoms with van der Waals surface area (Å²) in [6.07, 6.45) is 3.18. The van der Waals surface area contributed by atoms with Crippen LogP contribution in [0.2, 0.25) is 5.02 Å². The molecule has 0 aliphatic carbocycles. The van der Waals surface area contributed by atoms with E-state index in [4.69, 9.17) is 16.3 Å². The van der Waals surface area contributed by atoms with Crippen LogP contribution >= 0.6 is 11.6 Å². The monoisotopic (exact) mass is 393 g/mol.